The standard InChI is InChI=1S/C12H15F3N2/c1-8-2-3-10(6-11(8)16)17(9-4-5-9)7-12(13,14)15/h2-3,6,9H,4-5,7,16H2,1H3. The lowest BCUT2D eigenvalue weighted by molar-refractivity contribution is -0.120. The number of rotatable bonds is 3. The lowest BCUT2D eigenvalue weighted by atomic mass is 10.1. The van der Waals surface area contributed by atoms with E-state index in [0.29, 0.717) is 11.4 Å². The van der Waals surface area contributed by atoms with E-state index in [1.54, 1.807) is 18.2 Å². The predicted molar refractivity (Wildman–Crippen MR) is 62.0 cm³/mol. The number of benzene rings is 1. The van der Waals surface area contributed by atoms with Crippen molar-refractivity contribution in [2.45, 2.75) is 32.0 Å². The summed E-state index contributed by atoms with van der Waals surface area (Å²) in [5.74, 6) is 0. The van der Waals surface area contributed by atoms with Gasteiger partial charge in [-0.15, -0.1) is 0 Å². The molecule has 0 aliphatic heterocycles. The topological polar surface area (TPSA) is 29.3 Å². The molecule has 0 atom stereocenters. The Morgan fingerprint density at radius 2 is 2.00 bits per heavy atom. The molecule has 0 spiro atoms. The van der Waals surface area contributed by atoms with Crippen molar-refractivity contribution in [1.29, 1.82) is 0 Å². The van der Waals surface area contributed by atoms with Crippen LogP contribution in [0.1, 0.15) is 18.4 Å². The average Bonchev–Trinajstić information content (AvgIpc) is 3.01. The van der Waals surface area contributed by atoms with Crippen LogP contribution in [-0.2, 0) is 0 Å². The quantitative estimate of drug-likeness (QED) is 0.828. The van der Waals surface area contributed by atoms with Gasteiger partial charge in [0, 0.05) is 17.4 Å². The van der Waals surface area contributed by atoms with Crippen molar-refractivity contribution in [2.75, 3.05) is 17.2 Å². The van der Waals surface area contributed by atoms with Gasteiger partial charge in [-0.25, -0.2) is 0 Å². The summed E-state index contributed by atoms with van der Waals surface area (Å²) in [7, 11) is 0. The van der Waals surface area contributed by atoms with Crippen molar-refractivity contribution in [2.24, 2.45) is 0 Å². The molecule has 94 valence electrons. The molecule has 1 aliphatic carbocycles. The zero-order valence-corrected chi connectivity index (χ0v) is 9.59. The molecule has 1 saturated carbocycles. The molecule has 17 heavy (non-hydrogen) atoms. The summed E-state index contributed by atoms with van der Waals surface area (Å²) in [6, 6.07) is 5.10. The van der Waals surface area contributed by atoms with Crippen molar-refractivity contribution in [1.82, 2.24) is 0 Å². The summed E-state index contributed by atoms with van der Waals surface area (Å²) < 4.78 is 37.5. The van der Waals surface area contributed by atoms with Gasteiger partial charge < -0.3 is 10.6 Å². The number of nitrogens with zero attached hydrogens (tertiary/aromatic N) is 1. The van der Waals surface area contributed by atoms with Gasteiger partial charge in [-0.1, -0.05) is 6.07 Å². The van der Waals surface area contributed by atoms with E-state index in [0.717, 1.165) is 18.4 Å². The summed E-state index contributed by atoms with van der Waals surface area (Å²) in [5, 5.41) is 0. The van der Waals surface area contributed by atoms with E-state index in [4.69, 9.17) is 5.73 Å². The Morgan fingerprint density at radius 3 is 2.47 bits per heavy atom. The molecular formula is C12H15F3N2. The van der Waals surface area contributed by atoms with Gasteiger partial charge in [-0.3, -0.25) is 0 Å². The molecule has 0 saturated heterocycles. The third-order valence-corrected chi connectivity index (χ3v) is 2.93. The molecule has 0 unspecified atom stereocenters. The Labute approximate surface area is 98.2 Å². The minimum absolute atomic E-state index is 0.0127. The molecule has 0 bridgehead atoms. The summed E-state index contributed by atoms with van der Waals surface area (Å²) >= 11 is 0. The molecule has 0 heterocycles. The Bertz CT molecular complexity index is 411. The highest BCUT2D eigenvalue weighted by molar-refractivity contribution is 5.60. The first-order valence-electron chi connectivity index (χ1n) is 5.56. The van der Waals surface area contributed by atoms with Crippen LogP contribution in [0.25, 0.3) is 0 Å². The number of nitrogen functional groups attached to an aromatic ring is 1. The monoisotopic (exact) mass is 244 g/mol. The minimum Gasteiger partial charge on any atom is -0.398 e. The highest BCUT2D eigenvalue weighted by Crippen LogP contribution is 2.35. The predicted octanol–water partition coefficient (Wildman–Crippen LogP) is 3.11. The Hall–Kier alpha value is -1.39. The zero-order valence-electron chi connectivity index (χ0n) is 9.59. The zero-order chi connectivity index (χ0) is 12.6. The molecule has 0 aromatic heterocycles. The van der Waals surface area contributed by atoms with Crippen LogP contribution in [0.3, 0.4) is 0 Å². The molecule has 1 aromatic rings. The van der Waals surface area contributed by atoms with Crippen molar-refractivity contribution < 1.29 is 13.2 Å². The van der Waals surface area contributed by atoms with Gasteiger partial charge in [-0.2, -0.15) is 13.2 Å². The SMILES string of the molecule is Cc1ccc(N(CC(F)(F)F)C2CC2)cc1N. The van der Waals surface area contributed by atoms with Crippen LogP contribution in [0.15, 0.2) is 18.2 Å². The van der Waals surface area contributed by atoms with Crippen LogP contribution < -0.4 is 10.6 Å². The van der Waals surface area contributed by atoms with E-state index in [1.807, 2.05) is 6.92 Å². The summed E-state index contributed by atoms with van der Waals surface area (Å²) in [6.45, 7) is 0.935. The highest BCUT2D eigenvalue weighted by Gasteiger charge is 2.38. The molecule has 0 radical (unpaired) electrons. The second-order valence-electron chi connectivity index (χ2n) is 4.52. The maximum atomic E-state index is 12.5. The fourth-order valence-corrected chi connectivity index (χ4v) is 1.82. The first-order valence-corrected chi connectivity index (χ1v) is 5.56. The number of alkyl halides is 3. The first kappa shape index (κ1) is 12.1. The third kappa shape index (κ3) is 3.05. The molecule has 2 rings (SSSR count). The number of halogens is 3. The van der Waals surface area contributed by atoms with E-state index in [9.17, 15) is 13.2 Å². The number of hydrogen-bond donors (Lipinski definition) is 1. The highest BCUT2D eigenvalue weighted by atomic mass is 19.4. The first-order chi connectivity index (χ1) is 7.87. The summed E-state index contributed by atoms with van der Waals surface area (Å²) in [6.07, 6.45) is -2.53. The van der Waals surface area contributed by atoms with E-state index in [2.05, 4.69) is 0 Å². The minimum atomic E-state index is -4.18. The van der Waals surface area contributed by atoms with Gasteiger partial charge in [0.05, 0.1) is 0 Å². The molecule has 1 aromatic carbocycles. The molecular weight excluding hydrogens is 229 g/mol. The Balaban J connectivity index is 2.23. The molecule has 2 nitrogen and oxygen atoms in total. The Kier molecular flexibility index (Phi) is 2.93. The maximum absolute atomic E-state index is 12.5. The largest absolute Gasteiger partial charge is 0.405 e. The van der Waals surface area contributed by atoms with Gasteiger partial charge in [-0.05, 0) is 37.5 Å². The van der Waals surface area contributed by atoms with Gasteiger partial charge in [0.1, 0.15) is 6.54 Å². The van der Waals surface area contributed by atoms with E-state index in [-0.39, 0.29) is 6.04 Å². The lowest BCUT2D eigenvalue weighted by Crippen LogP contribution is -2.36. The normalized spacial score (nSPS) is 16.0. The van der Waals surface area contributed by atoms with Crippen LogP contribution in [0, 0.1) is 6.92 Å². The average molecular weight is 244 g/mol. The van der Waals surface area contributed by atoms with Crippen molar-refractivity contribution >= 4 is 11.4 Å². The fourth-order valence-electron chi connectivity index (χ4n) is 1.82. The number of aryl methyl sites for hydroxylation is 1. The fraction of sp³-hybridized carbons (Fsp3) is 0.500. The lowest BCUT2D eigenvalue weighted by Gasteiger charge is -2.26. The van der Waals surface area contributed by atoms with Crippen LogP contribution in [0.4, 0.5) is 24.5 Å². The summed E-state index contributed by atoms with van der Waals surface area (Å²) in [5.41, 5.74) is 7.72. The van der Waals surface area contributed by atoms with Gasteiger partial charge >= 0.3 is 6.18 Å². The second-order valence-corrected chi connectivity index (χ2v) is 4.52. The van der Waals surface area contributed by atoms with Gasteiger partial charge in [0.2, 0.25) is 0 Å². The van der Waals surface area contributed by atoms with Crippen LogP contribution in [0.5, 0.6) is 0 Å². The second kappa shape index (κ2) is 4.13. The number of anilines is 2. The number of nitrogens with two attached hydrogens (primary N) is 1. The molecule has 1 aliphatic rings. The van der Waals surface area contributed by atoms with Crippen LogP contribution in [-0.4, -0.2) is 18.8 Å². The van der Waals surface area contributed by atoms with E-state index >= 15 is 0 Å². The van der Waals surface area contributed by atoms with E-state index < -0.39 is 12.7 Å². The maximum Gasteiger partial charge on any atom is 0.405 e. The van der Waals surface area contributed by atoms with Crippen molar-refractivity contribution in [3.63, 3.8) is 0 Å². The smallest absolute Gasteiger partial charge is 0.398 e. The molecule has 5 heteroatoms. The number of hydrogen-bond acceptors (Lipinski definition) is 2. The van der Waals surface area contributed by atoms with Crippen LogP contribution in [0.2, 0.25) is 0 Å². The third-order valence-electron chi connectivity index (χ3n) is 2.93. The van der Waals surface area contributed by atoms with E-state index in [1.165, 1.54) is 4.90 Å². The molecule has 1 fully saturated rings. The van der Waals surface area contributed by atoms with Gasteiger partial charge in [0.25, 0.3) is 0 Å². The van der Waals surface area contributed by atoms with Crippen molar-refractivity contribution in [3.05, 3.63) is 23.8 Å². The van der Waals surface area contributed by atoms with Crippen molar-refractivity contribution in [3.8, 4) is 0 Å². The molecule has 2 N–H and O–H groups in total. The molecule has 0 amide bonds. The Morgan fingerprint density at radius 1 is 1.35 bits per heavy atom. The van der Waals surface area contributed by atoms with Gasteiger partial charge in [0.15, 0.2) is 0 Å². The summed E-state index contributed by atoms with van der Waals surface area (Å²) in [4.78, 5) is 1.40. The van der Waals surface area contributed by atoms with Crippen LogP contribution >= 0.6 is 0 Å².